The normalized spacial score (nSPS) is 24.4. The van der Waals surface area contributed by atoms with Crippen LogP contribution in [0.2, 0.25) is 0 Å². The summed E-state index contributed by atoms with van der Waals surface area (Å²) in [6, 6.07) is 0.00117. The van der Waals surface area contributed by atoms with Crippen LogP contribution in [-0.2, 0) is 4.79 Å². The molecule has 0 aromatic rings. The summed E-state index contributed by atoms with van der Waals surface area (Å²) in [5, 5.41) is 0. The zero-order valence-electron chi connectivity index (χ0n) is 9.36. The fourth-order valence-electron chi connectivity index (χ4n) is 2.00. The Morgan fingerprint density at radius 2 is 2.29 bits per heavy atom. The number of likely N-dealkylation sites (tertiary alicyclic amines) is 1. The molecule has 0 spiro atoms. The van der Waals surface area contributed by atoms with E-state index in [0.717, 1.165) is 25.9 Å². The lowest BCUT2D eigenvalue weighted by Crippen LogP contribution is -2.47. The van der Waals surface area contributed by atoms with E-state index in [0.29, 0.717) is 6.04 Å². The van der Waals surface area contributed by atoms with E-state index in [1.165, 1.54) is 0 Å². The minimum atomic E-state index is -0.363. The molecule has 1 heterocycles. The molecule has 2 atom stereocenters. The van der Waals surface area contributed by atoms with E-state index in [1.54, 1.807) is 6.92 Å². The van der Waals surface area contributed by atoms with Gasteiger partial charge in [-0.25, -0.2) is 0 Å². The van der Waals surface area contributed by atoms with Crippen molar-refractivity contribution in [2.24, 2.45) is 5.73 Å². The smallest absolute Gasteiger partial charge is 0.239 e. The molecule has 0 aliphatic carbocycles. The van der Waals surface area contributed by atoms with Crippen molar-refractivity contribution in [3.63, 3.8) is 0 Å². The molecule has 4 nitrogen and oxygen atoms in total. The first-order chi connectivity index (χ1) is 6.52. The molecule has 4 heteroatoms. The predicted molar refractivity (Wildman–Crippen MR) is 56.9 cm³/mol. The van der Waals surface area contributed by atoms with Crippen LogP contribution in [0.5, 0.6) is 0 Å². The van der Waals surface area contributed by atoms with Crippen molar-refractivity contribution >= 4 is 5.91 Å². The van der Waals surface area contributed by atoms with Crippen LogP contribution in [0.1, 0.15) is 19.8 Å². The number of carbonyl (C=O) groups is 1. The minimum absolute atomic E-state index is 0.0920. The maximum atomic E-state index is 11.7. The highest BCUT2D eigenvalue weighted by Crippen LogP contribution is 2.18. The number of likely N-dealkylation sites (N-methyl/N-ethyl adjacent to an activating group) is 1. The van der Waals surface area contributed by atoms with E-state index in [-0.39, 0.29) is 11.9 Å². The highest BCUT2D eigenvalue weighted by Gasteiger charge is 2.30. The Hall–Kier alpha value is -0.610. The third-order valence-electron chi connectivity index (χ3n) is 2.63. The molecule has 1 fully saturated rings. The van der Waals surface area contributed by atoms with Gasteiger partial charge >= 0.3 is 0 Å². The molecule has 82 valence electrons. The summed E-state index contributed by atoms with van der Waals surface area (Å²) in [5.74, 6) is 0.0920. The molecule has 0 saturated carbocycles. The van der Waals surface area contributed by atoms with Gasteiger partial charge < -0.3 is 15.5 Å². The number of rotatable bonds is 3. The Balaban J connectivity index is 2.55. The van der Waals surface area contributed by atoms with Gasteiger partial charge in [0, 0.05) is 19.1 Å². The van der Waals surface area contributed by atoms with Gasteiger partial charge in [-0.15, -0.1) is 0 Å². The number of hydrogen-bond acceptors (Lipinski definition) is 3. The average Bonchev–Trinajstić information content (AvgIpc) is 2.49. The van der Waals surface area contributed by atoms with Gasteiger partial charge in [0.15, 0.2) is 0 Å². The maximum Gasteiger partial charge on any atom is 0.239 e. The summed E-state index contributed by atoms with van der Waals surface area (Å²) in [7, 11) is 4.07. The topological polar surface area (TPSA) is 49.6 Å². The first-order valence-electron chi connectivity index (χ1n) is 5.23. The lowest BCUT2D eigenvalue weighted by molar-refractivity contribution is -0.133. The molecule has 0 aromatic carbocycles. The van der Waals surface area contributed by atoms with Gasteiger partial charge in [0.05, 0.1) is 6.04 Å². The minimum Gasteiger partial charge on any atom is -0.337 e. The molecule has 1 aliphatic rings. The van der Waals surface area contributed by atoms with E-state index in [1.807, 2.05) is 19.0 Å². The second kappa shape index (κ2) is 4.75. The van der Waals surface area contributed by atoms with Gasteiger partial charge in [0.25, 0.3) is 0 Å². The van der Waals surface area contributed by atoms with E-state index < -0.39 is 0 Å². The fraction of sp³-hybridized carbons (Fsp3) is 0.900. The second-order valence-electron chi connectivity index (χ2n) is 4.38. The zero-order chi connectivity index (χ0) is 10.7. The third kappa shape index (κ3) is 2.69. The Labute approximate surface area is 86.0 Å². The van der Waals surface area contributed by atoms with Crippen LogP contribution >= 0.6 is 0 Å². The first kappa shape index (κ1) is 11.5. The average molecular weight is 199 g/mol. The van der Waals surface area contributed by atoms with E-state index in [2.05, 4.69) is 4.90 Å². The third-order valence-corrected chi connectivity index (χ3v) is 2.63. The van der Waals surface area contributed by atoms with Crippen LogP contribution in [0.25, 0.3) is 0 Å². The number of carbonyl (C=O) groups excluding carboxylic acids is 1. The molecule has 0 bridgehead atoms. The summed E-state index contributed by atoms with van der Waals surface area (Å²) in [4.78, 5) is 15.8. The molecular weight excluding hydrogens is 178 g/mol. The maximum absolute atomic E-state index is 11.7. The predicted octanol–water partition coefficient (Wildman–Crippen LogP) is -0.114. The molecule has 1 rings (SSSR count). The standard InChI is InChI=1S/C10H21N3O/c1-8(11)10(14)13-6-4-5-9(13)7-12(2)3/h8-9H,4-7,11H2,1-3H3/t8-,9?/m1/s1. The SMILES string of the molecule is C[C@@H](N)C(=O)N1CCCC1CN(C)C. The molecule has 1 saturated heterocycles. The summed E-state index contributed by atoms with van der Waals surface area (Å²) >= 11 is 0. The highest BCUT2D eigenvalue weighted by molar-refractivity contribution is 5.81. The fourth-order valence-corrected chi connectivity index (χ4v) is 2.00. The number of nitrogens with zero attached hydrogens (tertiary/aromatic N) is 2. The van der Waals surface area contributed by atoms with Gasteiger partial charge in [-0.05, 0) is 33.9 Å². The van der Waals surface area contributed by atoms with Gasteiger partial charge in [-0.1, -0.05) is 0 Å². The lowest BCUT2D eigenvalue weighted by atomic mass is 10.2. The largest absolute Gasteiger partial charge is 0.337 e. The molecule has 1 unspecified atom stereocenters. The van der Waals surface area contributed by atoms with Crippen molar-refractivity contribution in [2.45, 2.75) is 31.8 Å². The van der Waals surface area contributed by atoms with Crippen molar-refractivity contribution in [3.05, 3.63) is 0 Å². The summed E-state index contributed by atoms with van der Waals surface area (Å²) in [5.41, 5.74) is 5.60. The van der Waals surface area contributed by atoms with E-state index in [4.69, 9.17) is 5.73 Å². The van der Waals surface area contributed by atoms with Gasteiger partial charge in [0.1, 0.15) is 0 Å². The summed E-state index contributed by atoms with van der Waals surface area (Å²) in [6.07, 6.45) is 2.22. The quantitative estimate of drug-likeness (QED) is 0.690. The van der Waals surface area contributed by atoms with E-state index >= 15 is 0 Å². The van der Waals surface area contributed by atoms with Crippen LogP contribution in [-0.4, -0.2) is 55.0 Å². The van der Waals surface area contributed by atoms with Crippen molar-refractivity contribution < 1.29 is 4.79 Å². The Kier molecular flexibility index (Phi) is 3.89. The van der Waals surface area contributed by atoms with Gasteiger partial charge in [-0.3, -0.25) is 4.79 Å². The van der Waals surface area contributed by atoms with Crippen LogP contribution in [0, 0.1) is 0 Å². The van der Waals surface area contributed by atoms with Crippen LogP contribution < -0.4 is 5.73 Å². The molecule has 0 aromatic heterocycles. The Bertz CT molecular complexity index is 204. The zero-order valence-corrected chi connectivity index (χ0v) is 9.36. The van der Waals surface area contributed by atoms with Crippen molar-refractivity contribution in [2.75, 3.05) is 27.2 Å². The Morgan fingerprint density at radius 1 is 1.64 bits per heavy atom. The molecule has 14 heavy (non-hydrogen) atoms. The lowest BCUT2D eigenvalue weighted by Gasteiger charge is -2.28. The van der Waals surface area contributed by atoms with Crippen LogP contribution in [0.4, 0.5) is 0 Å². The Morgan fingerprint density at radius 3 is 2.79 bits per heavy atom. The molecule has 1 aliphatic heterocycles. The van der Waals surface area contributed by atoms with Gasteiger partial charge in [-0.2, -0.15) is 0 Å². The summed E-state index contributed by atoms with van der Waals surface area (Å²) < 4.78 is 0. The van der Waals surface area contributed by atoms with Gasteiger partial charge in [0.2, 0.25) is 5.91 Å². The van der Waals surface area contributed by atoms with Crippen LogP contribution in [0.3, 0.4) is 0 Å². The van der Waals surface area contributed by atoms with Crippen molar-refractivity contribution in [3.8, 4) is 0 Å². The van der Waals surface area contributed by atoms with Crippen molar-refractivity contribution in [1.29, 1.82) is 0 Å². The second-order valence-corrected chi connectivity index (χ2v) is 4.38. The molecule has 2 N–H and O–H groups in total. The first-order valence-corrected chi connectivity index (χ1v) is 5.23. The number of hydrogen-bond donors (Lipinski definition) is 1. The van der Waals surface area contributed by atoms with Crippen LogP contribution in [0.15, 0.2) is 0 Å². The van der Waals surface area contributed by atoms with Crippen molar-refractivity contribution in [1.82, 2.24) is 9.80 Å². The summed E-state index contributed by atoms with van der Waals surface area (Å²) in [6.45, 7) is 3.57. The molecular formula is C10H21N3O. The monoisotopic (exact) mass is 199 g/mol. The molecule has 0 radical (unpaired) electrons. The number of amides is 1. The number of nitrogens with two attached hydrogens (primary N) is 1. The molecule has 1 amide bonds. The highest BCUT2D eigenvalue weighted by atomic mass is 16.2. The van der Waals surface area contributed by atoms with E-state index in [9.17, 15) is 4.79 Å².